The van der Waals surface area contributed by atoms with Crippen molar-refractivity contribution in [2.24, 2.45) is 0 Å². The molecule has 1 aromatic carbocycles. The lowest BCUT2D eigenvalue weighted by atomic mass is 10.1. The number of carbonyl (C=O) groups excluding carboxylic acids is 1. The van der Waals surface area contributed by atoms with E-state index >= 15 is 0 Å². The molecular weight excluding hydrogens is 282 g/mol. The van der Waals surface area contributed by atoms with Gasteiger partial charge in [-0.25, -0.2) is 4.68 Å². The first-order valence-electron chi connectivity index (χ1n) is 7.08. The summed E-state index contributed by atoms with van der Waals surface area (Å²) in [5, 5.41) is 13.3. The Labute approximate surface area is 129 Å². The fraction of sp³-hybridized carbons (Fsp3) is 0.312. The number of aromatic nitrogens is 2. The number of nitrogens with zero attached hydrogens (tertiary/aromatic N) is 3. The number of aryl methyl sites for hydroxylation is 1. The van der Waals surface area contributed by atoms with E-state index in [1.807, 2.05) is 37.3 Å². The van der Waals surface area contributed by atoms with Gasteiger partial charge in [0.1, 0.15) is 6.54 Å². The minimum absolute atomic E-state index is 0.304. The quantitative estimate of drug-likeness (QED) is 0.917. The van der Waals surface area contributed by atoms with E-state index in [0.717, 1.165) is 5.69 Å². The number of benzene rings is 1. The summed E-state index contributed by atoms with van der Waals surface area (Å²) in [6.45, 7) is 5.35. The van der Waals surface area contributed by atoms with Gasteiger partial charge >= 0.3 is 5.97 Å². The molecule has 1 aromatic heterocycles. The van der Waals surface area contributed by atoms with Gasteiger partial charge in [0.25, 0.3) is 5.91 Å². The van der Waals surface area contributed by atoms with Crippen LogP contribution in [-0.4, -0.2) is 44.8 Å². The average molecular weight is 301 g/mol. The number of hydrogen-bond acceptors (Lipinski definition) is 3. The summed E-state index contributed by atoms with van der Waals surface area (Å²) in [6.07, 6.45) is 0. The highest BCUT2D eigenvalue weighted by Crippen LogP contribution is 2.19. The van der Waals surface area contributed by atoms with Gasteiger partial charge in [0.05, 0.1) is 22.6 Å². The summed E-state index contributed by atoms with van der Waals surface area (Å²) in [5.41, 5.74) is 2.63. The van der Waals surface area contributed by atoms with Crippen LogP contribution < -0.4 is 0 Å². The number of hydrogen-bond donors (Lipinski definition) is 1. The molecule has 0 saturated carbocycles. The van der Waals surface area contributed by atoms with Gasteiger partial charge in [0, 0.05) is 6.54 Å². The second-order valence-electron chi connectivity index (χ2n) is 5.01. The van der Waals surface area contributed by atoms with Gasteiger partial charge in [-0.3, -0.25) is 9.59 Å². The highest BCUT2D eigenvalue weighted by molar-refractivity contribution is 5.98. The number of aliphatic carboxylic acids is 1. The largest absolute Gasteiger partial charge is 0.480 e. The van der Waals surface area contributed by atoms with Crippen LogP contribution in [0.1, 0.15) is 28.7 Å². The molecule has 2 aromatic rings. The predicted molar refractivity (Wildman–Crippen MR) is 82.3 cm³/mol. The fourth-order valence-corrected chi connectivity index (χ4v) is 2.42. The van der Waals surface area contributed by atoms with Crippen molar-refractivity contribution >= 4 is 11.9 Å². The van der Waals surface area contributed by atoms with E-state index in [2.05, 4.69) is 5.10 Å². The maximum atomic E-state index is 12.6. The molecule has 0 fully saturated rings. The summed E-state index contributed by atoms with van der Waals surface area (Å²) in [5.74, 6) is -1.33. The van der Waals surface area contributed by atoms with Crippen molar-refractivity contribution in [1.29, 1.82) is 0 Å². The van der Waals surface area contributed by atoms with E-state index in [9.17, 15) is 9.59 Å². The molecule has 1 heterocycles. The van der Waals surface area contributed by atoms with E-state index in [0.29, 0.717) is 23.5 Å². The molecule has 0 saturated heterocycles. The van der Waals surface area contributed by atoms with Gasteiger partial charge < -0.3 is 10.0 Å². The summed E-state index contributed by atoms with van der Waals surface area (Å²) in [6, 6.07) is 9.52. The smallest absolute Gasteiger partial charge is 0.323 e. The third-order valence-corrected chi connectivity index (χ3v) is 3.50. The van der Waals surface area contributed by atoms with Crippen molar-refractivity contribution in [3.8, 4) is 5.69 Å². The Hall–Kier alpha value is -2.63. The van der Waals surface area contributed by atoms with E-state index < -0.39 is 5.97 Å². The lowest BCUT2D eigenvalue weighted by molar-refractivity contribution is -0.137. The monoisotopic (exact) mass is 301 g/mol. The Morgan fingerprint density at radius 2 is 1.86 bits per heavy atom. The Balaban J connectivity index is 2.42. The number of carboxylic acids is 1. The van der Waals surface area contributed by atoms with Gasteiger partial charge in [0.2, 0.25) is 0 Å². The van der Waals surface area contributed by atoms with Crippen molar-refractivity contribution in [2.45, 2.75) is 20.8 Å². The first-order valence-corrected chi connectivity index (χ1v) is 7.08. The van der Waals surface area contributed by atoms with Crippen LogP contribution in [0, 0.1) is 13.8 Å². The van der Waals surface area contributed by atoms with Gasteiger partial charge in [-0.05, 0) is 32.9 Å². The zero-order valence-corrected chi connectivity index (χ0v) is 12.9. The number of rotatable bonds is 5. The van der Waals surface area contributed by atoms with E-state index in [4.69, 9.17) is 5.11 Å². The Bertz CT molecular complexity index is 692. The van der Waals surface area contributed by atoms with Crippen molar-refractivity contribution < 1.29 is 14.7 Å². The predicted octanol–water partition coefficient (Wildman–Crippen LogP) is 2.04. The lowest BCUT2D eigenvalue weighted by Gasteiger charge is -2.18. The molecule has 0 unspecified atom stereocenters. The van der Waals surface area contributed by atoms with Crippen molar-refractivity contribution in [2.75, 3.05) is 13.1 Å². The molecule has 22 heavy (non-hydrogen) atoms. The van der Waals surface area contributed by atoms with Crippen LogP contribution in [0.2, 0.25) is 0 Å². The standard InChI is InChI=1S/C16H19N3O3/c1-4-18(10-14(20)21)16(22)15-11(2)17-19(12(15)3)13-8-6-5-7-9-13/h5-9H,4,10H2,1-3H3,(H,20,21). The molecule has 6 nitrogen and oxygen atoms in total. The molecule has 1 amide bonds. The second kappa shape index (κ2) is 6.43. The number of carboxylic acid groups (broad SMARTS) is 1. The van der Waals surface area contributed by atoms with Crippen LogP contribution in [0.4, 0.5) is 0 Å². The van der Waals surface area contributed by atoms with Crippen LogP contribution in [0.25, 0.3) is 5.69 Å². The molecular formula is C16H19N3O3. The molecule has 6 heteroatoms. The Morgan fingerprint density at radius 1 is 1.23 bits per heavy atom. The normalized spacial score (nSPS) is 10.5. The summed E-state index contributed by atoms with van der Waals surface area (Å²) in [7, 11) is 0. The first kappa shape index (κ1) is 15.8. The minimum Gasteiger partial charge on any atom is -0.480 e. The van der Waals surface area contributed by atoms with Gasteiger partial charge in [-0.15, -0.1) is 0 Å². The maximum Gasteiger partial charge on any atom is 0.323 e. The number of likely N-dealkylation sites (N-methyl/N-ethyl adjacent to an activating group) is 1. The van der Waals surface area contributed by atoms with Gasteiger partial charge in [0.15, 0.2) is 0 Å². The SMILES string of the molecule is CCN(CC(=O)O)C(=O)c1c(C)nn(-c2ccccc2)c1C. The van der Waals surface area contributed by atoms with Crippen molar-refractivity contribution in [3.63, 3.8) is 0 Å². The van der Waals surface area contributed by atoms with Crippen LogP contribution in [-0.2, 0) is 4.79 Å². The van der Waals surface area contributed by atoms with Gasteiger partial charge in [-0.1, -0.05) is 18.2 Å². The van der Waals surface area contributed by atoms with E-state index in [-0.39, 0.29) is 12.5 Å². The fourth-order valence-electron chi connectivity index (χ4n) is 2.42. The average Bonchev–Trinajstić information content (AvgIpc) is 2.79. The third kappa shape index (κ3) is 3.00. The summed E-state index contributed by atoms with van der Waals surface area (Å²) < 4.78 is 1.71. The molecule has 2 rings (SSSR count). The summed E-state index contributed by atoms with van der Waals surface area (Å²) >= 11 is 0. The van der Waals surface area contributed by atoms with Crippen LogP contribution in [0.15, 0.2) is 30.3 Å². The molecule has 116 valence electrons. The zero-order valence-electron chi connectivity index (χ0n) is 12.9. The van der Waals surface area contributed by atoms with E-state index in [1.165, 1.54) is 4.90 Å². The van der Waals surface area contributed by atoms with Crippen LogP contribution in [0.5, 0.6) is 0 Å². The lowest BCUT2D eigenvalue weighted by Crippen LogP contribution is -2.36. The third-order valence-electron chi connectivity index (χ3n) is 3.50. The highest BCUT2D eigenvalue weighted by Gasteiger charge is 2.24. The molecule has 1 N–H and O–H groups in total. The molecule has 0 atom stereocenters. The van der Waals surface area contributed by atoms with Crippen molar-refractivity contribution in [3.05, 3.63) is 47.3 Å². The molecule has 0 aliphatic heterocycles. The number of carbonyl (C=O) groups is 2. The summed E-state index contributed by atoms with van der Waals surface area (Å²) in [4.78, 5) is 24.8. The maximum absolute atomic E-state index is 12.6. The van der Waals surface area contributed by atoms with Crippen LogP contribution >= 0.6 is 0 Å². The minimum atomic E-state index is -1.03. The molecule has 0 bridgehead atoms. The Morgan fingerprint density at radius 3 is 2.41 bits per heavy atom. The zero-order chi connectivity index (χ0) is 16.3. The molecule has 0 spiro atoms. The van der Waals surface area contributed by atoms with E-state index in [1.54, 1.807) is 18.5 Å². The first-order chi connectivity index (χ1) is 10.5. The molecule has 0 aliphatic carbocycles. The van der Waals surface area contributed by atoms with Gasteiger partial charge in [-0.2, -0.15) is 5.10 Å². The number of para-hydroxylation sites is 1. The highest BCUT2D eigenvalue weighted by atomic mass is 16.4. The number of amides is 1. The molecule has 0 radical (unpaired) electrons. The van der Waals surface area contributed by atoms with Crippen LogP contribution in [0.3, 0.4) is 0 Å². The Kier molecular flexibility index (Phi) is 4.60. The topological polar surface area (TPSA) is 75.4 Å². The second-order valence-corrected chi connectivity index (χ2v) is 5.01. The molecule has 0 aliphatic rings. The van der Waals surface area contributed by atoms with Crippen molar-refractivity contribution in [1.82, 2.24) is 14.7 Å².